The Hall–Kier alpha value is -2.32. The maximum atomic E-state index is 12.7. The Morgan fingerprint density at radius 1 is 1.31 bits per heavy atom. The summed E-state index contributed by atoms with van der Waals surface area (Å²) in [5.74, 6) is 0.343. The lowest BCUT2D eigenvalue weighted by atomic mass is 10.0. The monoisotopic (exact) mass is 431 g/mol. The summed E-state index contributed by atoms with van der Waals surface area (Å²) in [6, 6.07) is 7.46. The van der Waals surface area contributed by atoms with Crippen LogP contribution in [0.5, 0.6) is 0 Å². The molecule has 0 spiro atoms. The van der Waals surface area contributed by atoms with Gasteiger partial charge in [-0.2, -0.15) is 5.10 Å². The molecule has 0 radical (unpaired) electrons. The predicted molar refractivity (Wildman–Crippen MR) is 115 cm³/mol. The fourth-order valence-electron chi connectivity index (χ4n) is 3.70. The van der Waals surface area contributed by atoms with E-state index in [4.69, 9.17) is 11.6 Å². The van der Waals surface area contributed by atoms with Gasteiger partial charge in [0, 0.05) is 17.6 Å². The SMILES string of the molecule is CC[C@@H]1CCCCN1C(=O)CSc1nc2c(cnn2-c2ccc(Cl)cc2)c(=O)[nH]1. The Morgan fingerprint density at radius 3 is 2.86 bits per heavy atom. The number of nitrogens with zero attached hydrogens (tertiary/aromatic N) is 4. The molecule has 3 aromatic rings. The molecule has 152 valence electrons. The van der Waals surface area contributed by atoms with Crippen molar-refractivity contribution in [3.05, 3.63) is 45.8 Å². The Bertz CT molecular complexity index is 1080. The number of hydrogen-bond acceptors (Lipinski definition) is 5. The molecule has 1 fully saturated rings. The number of benzene rings is 1. The van der Waals surface area contributed by atoms with E-state index in [1.54, 1.807) is 16.8 Å². The molecular formula is C20H22ClN5O2S. The molecule has 1 aliphatic heterocycles. The van der Waals surface area contributed by atoms with Crippen LogP contribution in [-0.2, 0) is 4.79 Å². The van der Waals surface area contributed by atoms with Crippen LogP contribution in [0.25, 0.3) is 16.7 Å². The van der Waals surface area contributed by atoms with Crippen molar-refractivity contribution in [2.24, 2.45) is 0 Å². The van der Waals surface area contributed by atoms with Gasteiger partial charge in [0.2, 0.25) is 5.91 Å². The topological polar surface area (TPSA) is 83.9 Å². The summed E-state index contributed by atoms with van der Waals surface area (Å²) in [6.45, 7) is 2.93. The number of amides is 1. The Labute approximate surface area is 177 Å². The second-order valence-electron chi connectivity index (χ2n) is 7.07. The number of thioether (sulfide) groups is 1. The minimum Gasteiger partial charge on any atom is -0.339 e. The molecule has 2 aromatic heterocycles. The van der Waals surface area contributed by atoms with Crippen molar-refractivity contribution in [1.82, 2.24) is 24.6 Å². The normalized spacial score (nSPS) is 17.0. The number of piperidine rings is 1. The Balaban J connectivity index is 1.56. The maximum Gasteiger partial charge on any atom is 0.262 e. The molecular weight excluding hydrogens is 410 g/mol. The number of hydrogen-bond donors (Lipinski definition) is 1. The second-order valence-corrected chi connectivity index (χ2v) is 8.48. The van der Waals surface area contributed by atoms with Crippen molar-refractivity contribution in [3.63, 3.8) is 0 Å². The summed E-state index contributed by atoms with van der Waals surface area (Å²) in [4.78, 5) is 34.5. The molecule has 0 saturated carbocycles. The van der Waals surface area contributed by atoms with E-state index >= 15 is 0 Å². The fourth-order valence-corrected chi connectivity index (χ4v) is 4.57. The van der Waals surface area contributed by atoms with Crippen molar-refractivity contribution >= 4 is 40.3 Å². The molecule has 4 rings (SSSR count). The van der Waals surface area contributed by atoms with Crippen molar-refractivity contribution in [2.45, 2.75) is 43.8 Å². The standard InChI is InChI=1S/C20H22ClN5O2S/c1-2-14-5-3-4-10-25(14)17(27)12-29-20-23-18-16(19(28)24-20)11-22-26(18)15-8-6-13(21)7-9-15/h6-9,11,14H,2-5,10,12H2,1H3,(H,23,24,28)/t14-/m1/s1. The van der Waals surface area contributed by atoms with Crippen LogP contribution in [0.15, 0.2) is 40.4 Å². The summed E-state index contributed by atoms with van der Waals surface area (Å²) in [6.07, 6.45) is 5.75. The molecule has 0 bridgehead atoms. The molecule has 0 aliphatic carbocycles. The van der Waals surface area contributed by atoms with Crippen molar-refractivity contribution < 1.29 is 4.79 Å². The zero-order valence-corrected chi connectivity index (χ0v) is 17.7. The molecule has 1 atom stereocenters. The smallest absolute Gasteiger partial charge is 0.262 e. The molecule has 29 heavy (non-hydrogen) atoms. The third kappa shape index (κ3) is 4.18. The van der Waals surface area contributed by atoms with Crippen molar-refractivity contribution in [2.75, 3.05) is 12.3 Å². The predicted octanol–water partition coefficient (Wildman–Crippen LogP) is 3.65. The molecule has 7 nitrogen and oxygen atoms in total. The summed E-state index contributed by atoms with van der Waals surface area (Å²) in [5, 5.41) is 5.73. The highest BCUT2D eigenvalue weighted by molar-refractivity contribution is 7.99. The van der Waals surface area contributed by atoms with E-state index in [9.17, 15) is 9.59 Å². The number of H-pyrrole nitrogens is 1. The number of halogens is 1. The Morgan fingerprint density at radius 2 is 2.10 bits per heavy atom. The third-order valence-electron chi connectivity index (χ3n) is 5.24. The summed E-state index contributed by atoms with van der Waals surface area (Å²) >= 11 is 7.21. The minimum atomic E-state index is -0.269. The average Bonchev–Trinajstić information content (AvgIpc) is 3.17. The number of rotatable bonds is 5. The molecule has 9 heteroatoms. The van der Waals surface area contributed by atoms with Gasteiger partial charge in [-0.3, -0.25) is 9.59 Å². The van der Waals surface area contributed by atoms with Gasteiger partial charge in [0.15, 0.2) is 10.8 Å². The number of carbonyl (C=O) groups is 1. The second kappa shape index (κ2) is 8.59. The largest absolute Gasteiger partial charge is 0.339 e. The van der Waals surface area contributed by atoms with E-state index in [1.807, 2.05) is 17.0 Å². The summed E-state index contributed by atoms with van der Waals surface area (Å²) in [7, 11) is 0. The first kappa shape index (κ1) is 20.0. The van der Waals surface area contributed by atoms with E-state index < -0.39 is 0 Å². The van der Waals surface area contributed by atoms with Gasteiger partial charge in [-0.25, -0.2) is 9.67 Å². The van der Waals surface area contributed by atoms with Crippen molar-refractivity contribution in [3.8, 4) is 5.69 Å². The molecule has 1 amide bonds. The minimum absolute atomic E-state index is 0.0931. The van der Waals surface area contributed by atoms with E-state index in [0.29, 0.717) is 27.3 Å². The molecule has 0 unspecified atom stereocenters. The van der Waals surface area contributed by atoms with Crippen LogP contribution in [0, 0.1) is 0 Å². The highest BCUT2D eigenvalue weighted by Gasteiger charge is 2.25. The lowest BCUT2D eigenvalue weighted by Gasteiger charge is -2.35. The van der Waals surface area contributed by atoms with E-state index in [0.717, 1.165) is 31.5 Å². The van der Waals surface area contributed by atoms with Crippen LogP contribution in [-0.4, -0.2) is 48.9 Å². The van der Waals surface area contributed by atoms with Crippen LogP contribution in [0.3, 0.4) is 0 Å². The quantitative estimate of drug-likeness (QED) is 0.492. The first-order chi connectivity index (χ1) is 14.1. The zero-order valence-electron chi connectivity index (χ0n) is 16.1. The van der Waals surface area contributed by atoms with Gasteiger partial charge >= 0.3 is 0 Å². The molecule has 1 saturated heterocycles. The lowest BCUT2D eigenvalue weighted by Crippen LogP contribution is -2.44. The lowest BCUT2D eigenvalue weighted by molar-refractivity contribution is -0.132. The average molecular weight is 432 g/mol. The Kier molecular flexibility index (Phi) is 5.91. The van der Waals surface area contributed by atoms with Crippen LogP contribution < -0.4 is 5.56 Å². The van der Waals surface area contributed by atoms with Gasteiger partial charge in [0.1, 0.15) is 5.39 Å². The third-order valence-corrected chi connectivity index (χ3v) is 6.35. The molecule has 3 heterocycles. The maximum absolute atomic E-state index is 12.7. The number of aromatic nitrogens is 4. The first-order valence-corrected chi connectivity index (χ1v) is 11.1. The number of nitrogens with one attached hydrogen (secondary N) is 1. The van der Waals surface area contributed by atoms with Gasteiger partial charge < -0.3 is 9.88 Å². The van der Waals surface area contributed by atoms with Crippen LogP contribution >= 0.6 is 23.4 Å². The highest BCUT2D eigenvalue weighted by Crippen LogP contribution is 2.23. The van der Waals surface area contributed by atoms with Gasteiger partial charge in [-0.05, 0) is 49.9 Å². The van der Waals surface area contributed by atoms with Crippen molar-refractivity contribution in [1.29, 1.82) is 0 Å². The van der Waals surface area contributed by atoms with E-state index in [1.165, 1.54) is 24.4 Å². The van der Waals surface area contributed by atoms with E-state index in [-0.39, 0.29) is 17.2 Å². The molecule has 1 N–H and O–H groups in total. The fraction of sp³-hybridized carbons (Fsp3) is 0.400. The van der Waals surface area contributed by atoms with Gasteiger partial charge in [0.05, 0.1) is 17.6 Å². The first-order valence-electron chi connectivity index (χ1n) is 9.73. The number of carbonyl (C=O) groups excluding carboxylic acids is 1. The number of likely N-dealkylation sites (tertiary alicyclic amines) is 1. The van der Waals surface area contributed by atoms with Crippen LogP contribution in [0.4, 0.5) is 0 Å². The summed E-state index contributed by atoms with van der Waals surface area (Å²) < 4.78 is 1.60. The number of fused-ring (bicyclic) bond motifs is 1. The van der Waals surface area contributed by atoms with E-state index in [2.05, 4.69) is 22.0 Å². The summed E-state index contributed by atoms with van der Waals surface area (Å²) in [5.41, 5.74) is 0.943. The number of aromatic amines is 1. The van der Waals surface area contributed by atoms with Crippen LogP contribution in [0.2, 0.25) is 5.02 Å². The molecule has 1 aliphatic rings. The van der Waals surface area contributed by atoms with Crippen LogP contribution in [0.1, 0.15) is 32.6 Å². The highest BCUT2D eigenvalue weighted by atomic mass is 35.5. The van der Waals surface area contributed by atoms with Gasteiger partial charge in [-0.15, -0.1) is 0 Å². The molecule has 1 aromatic carbocycles. The van der Waals surface area contributed by atoms with Gasteiger partial charge in [-0.1, -0.05) is 30.3 Å². The van der Waals surface area contributed by atoms with Gasteiger partial charge in [0.25, 0.3) is 5.56 Å². The zero-order chi connectivity index (χ0) is 20.4.